The topological polar surface area (TPSA) is 0 Å². The molecule has 0 spiro atoms. The van der Waals surface area contributed by atoms with Gasteiger partial charge in [-0.15, -0.1) is 0 Å². The van der Waals surface area contributed by atoms with Crippen LogP contribution in [-0.4, -0.2) is 10.2 Å². The second kappa shape index (κ2) is 2.45. The molecule has 0 aliphatic heterocycles. The fourth-order valence-electron chi connectivity index (χ4n) is 0.479. The van der Waals surface area contributed by atoms with Gasteiger partial charge in [-0.2, -0.15) is 0 Å². The molecule has 1 radical (unpaired) electrons. The van der Waals surface area contributed by atoms with E-state index < -0.39 is 0 Å². The van der Waals surface area contributed by atoms with Gasteiger partial charge in [0.1, 0.15) is 0 Å². The summed E-state index contributed by atoms with van der Waals surface area (Å²) in [4.78, 5) is 0. The lowest BCUT2D eigenvalue weighted by Gasteiger charge is -2.38. The van der Waals surface area contributed by atoms with Crippen molar-refractivity contribution in [3.63, 3.8) is 0 Å². The van der Waals surface area contributed by atoms with Crippen LogP contribution in [0.5, 0.6) is 0 Å². The van der Waals surface area contributed by atoms with Crippen LogP contribution in [0.15, 0.2) is 0 Å². The molecule has 0 rings (SSSR count). The van der Waals surface area contributed by atoms with E-state index in [1.54, 1.807) is 0 Å². The summed E-state index contributed by atoms with van der Waals surface area (Å²) in [6.07, 6.45) is 1.27. The quantitative estimate of drug-likeness (QED) is 0.520. The van der Waals surface area contributed by atoms with Gasteiger partial charge in [-0.25, -0.2) is 0 Å². The molecule has 9 heavy (non-hydrogen) atoms. The van der Waals surface area contributed by atoms with Crippen LogP contribution in [0, 0.1) is 5.41 Å². The molecule has 1 heteroatoms. The molecule has 55 valence electrons. The van der Waals surface area contributed by atoms with E-state index in [0.29, 0.717) is 10.5 Å². The second-order valence-corrected chi connectivity index (χ2v) is 5.89. The maximum Gasteiger partial charge on any atom is 0.0163 e. The Bertz CT molecular complexity index is 87.2. The molecular weight excluding hydrogens is 124 g/mol. The van der Waals surface area contributed by atoms with E-state index in [4.69, 9.17) is 0 Å². The molecule has 0 N–H and O–H groups in total. The average Bonchev–Trinajstić information content (AvgIpc) is 1.64. The van der Waals surface area contributed by atoms with Crippen molar-refractivity contribution in [2.45, 2.75) is 46.1 Å². The molecule has 0 saturated heterocycles. The van der Waals surface area contributed by atoms with Crippen molar-refractivity contribution in [3.05, 3.63) is 0 Å². The van der Waals surface area contributed by atoms with E-state index in [1.807, 2.05) is 0 Å². The van der Waals surface area contributed by atoms with Gasteiger partial charge in [0, 0.05) is 10.2 Å². The lowest BCUT2D eigenvalue weighted by molar-refractivity contribution is 0.257. The zero-order chi connectivity index (χ0) is 7.71. The van der Waals surface area contributed by atoms with Crippen molar-refractivity contribution < 1.29 is 0 Å². The second-order valence-electron chi connectivity index (χ2n) is 4.12. The lowest BCUT2D eigenvalue weighted by atomic mass is 9.78. The SMILES string of the molecule is CCC(C)(C)C(C)(C)[SiH2]. The van der Waals surface area contributed by atoms with Crippen molar-refractivity contribution in [3.8, 4) is 0 Å². The normalized spacial score (nSPS) is 14.0. The third-order valence-corrected chi connectivity index (χ3v) is 3.67. The van der Waals surface area contributed by atoms with Gasteiger partial charge in [0.05, 0.1) is 0 Å². The minimum absolute atomic E-state index is 0.474. The van der Waals surface area contributed by atoms with Crippen LogP contribution >= 0.6 is 0 Å². The van der Waals surface area contributed by atoms with Crippen molar-refractivity contribution in [2.24, 2.45) is 5.41 Å². The minimum Gasteiger partial charge on any atom is -0.0649 e. The Morgan fingerprint density at radius 3 is 1.44 bits per heavy atom. The third kappa shape index (κ3) is 2.13. The van der Waals surface area contributed by atoms with Gasteiger partial charge in [0.25, 0.3) is 0 Å². The summed E-state index contributed by atoms with van der Waals surface area (Å²) in [7, 11) is 2.10. The molecule has 0 saturated carbocycles. The zero-order valence-corrected chi connectivity index (χ0v) is 8.83. The van der Waals surface area contributed by atoms with Gasteiger partial charge in [-0.1, -0.05) is 41.0 Å². The highest BCUT2D eigenvalue weighted by atomic mass is 28.1. The van der Waals surface area contributed by atoms with E-state index in [1.165, 1.54) is 6.42 Å². The minimum atomic E-state index is 0.474. The molecule has 0 aliphatic rings. The molecule has 0 unspecified atom stereocenters. The van der Waals surface area contributed by atoms with Crippen molar-refractivity contribution in [1.82, 2.24) is 0 Å². The Balaban J connectivity index is 4.14. The first kappa shape index (κ1) is 9.22. The van der Waals surface area contributed by atoms with Crippen molar-refractivity contribution >= 4 is 10.2 Å². The highest BCUT2D eigenvalue weighted by Gasteiger charge is 2.30. The van der Waals surface area contributed by atoms with Crippen molar-refractivity contribution in [2.75, 3.05) is 0 Å². The van der Waals surface area contributed by atoms with Crippen LogP contribution in [0.3, 0.4) is 0 Å². The standard InChI is InChI=1S/C8H19Si/c1-6-7(2,3)8(4,5)9/h6,9H2,1-5H3. The van der Waals surface area contributed by atoms with Crippen LogP contribution in [0.2, 0.25) is 5.04 Å². The Morgan fingerprint density at radius 2 is 1.44 bits per heavy atom. The van der Waals surface area contributed by atoms with Gasteiger partial charge in [-0.05, 0) is 10.5 Å². The van der Waals surface area contributed by atoms with Crippen LogP contribution < -0.4 is 0 Å². The summed E-state index contributed by atoms with van der Waals surface area (Å²) >= 11 is 0. The first-order chi connectivity index (χ1) is 3.81. The summed E-state index contributed by atoms with van der Waals surface area (Å²) in [5.41, 5.74) is 0.492. The van der Waals surface area contributed by atoms with E-state index in [9.17, 15) is 0 Å². The molecule has 0 amide bonds. The zero-order valence-electron chi connectivity index (χ0n) is 7.41. The Hall–Kier alpha value is 0.217. The largest absolute Gasteiger partial charge is 0.0649 e. The number of rotatable bonds is 2. The van der Waals surface area contributed by atoms with E-state index >= 15 is 0 Å². The fourth-order valence-corrected chi connectivity index (χ4v) is 0.729. The maximum absolute atomic E-state index is 2.33. The Labute approximate surface area is 62.5 Å². The van der Waals surface area contributed by atoms with Gasteiger partial charge in [0.2, 0.25) is 0 Å². The highest BCUT2D eigenvalue weighted by molar-refractivity contribution is 6.15. The molecular formula is C8H19Si. The fraction of sp³-hybridized carbons (Fsp3) is 1.00. The number of hydrogen-bond donors (Lipinski definition) is 0. The van der Waals surface area contributed by atoms with Gasteiger partial charge < -0.3 is 0 Å². The molecule has 0 aliphatic carbocycles. The van der Waals surface area contributed by atoms with Crippen LogP contribution in [0.4, 0.5) is 0 Å². The predicted octanol–water partition coefficient (Wildman–Crippen LogP) is 2.25. The first-order valence-electron chi connectivity index (χ1n) is 3.66. The molecule has 0 atom stereocenters. The van der Waals surface area contributed by atoms with Gasteiger partial charge >= 0.3 is 0 Å². The molecule has 0 fully saturated rings. The monoisotopic (exact) mass is 143 g/mol. The van der Waals surface area contributed by atoms with E-state index in [0.717, 1.165) is 0 Å². The Morgan fingerprint density at radius 1 is 1.11 bits per heavy atom. The summed E-state index contributed by atoms with van der Waals surface area (Å²) in [5.74, 6) is 0. The molecule has 0 aromatic carbocycles. The first-order valence-corrected chi connectivity index (χ1v) is 4.37. The Kier molecular flexibility index (Phi) is 2.51. The molecule has 0 nitrogen and oxygen atoms in total. The number of hydrogen-bond acceptors (Lipinski definition) is 0. The highest BCUT2D eigenvalue weighted by Crippen LogP contribution is 2.43. The third-order valence-electron chi connectivity index (χ3n) is 2.72. The predicted molar refractivity (Wildman–Crippen MR) is 46.7 cm³/mol. The maximum atomic E-state index is 2.33. The van der Waals surface area contributed by atoms with Gasteiger partial charge in [-0.3, -0.25) is 0 Å². The molecule has 0 aromatic rings. The summed E-state index contributed by atoms with van der Waals surface area (Å²) < 4.78 is 0. The summed E-state index contributed by atoms with van der Waals surface area (Å²) in [5, 5.41) is 0.474. The smallest absolute Gasteiger partial charge is 0.0163 e. The van der Waals surface area contributed by atoms with Crippen LogP contribution in [-0.2, 0) is 0 Å². The van der Waals surface area contributed by atoms with Gasteiger partial charge in [0.15, 0.2) is 0 Å². The van der Waals surface area contributed by atoms with Crippen LogP contribution in [0.25, 0.3) is 0 Å². The lowest BCUT2D eigenvalue weighted by Crippen LogP contribution is -2.25. The average molecular weight is 143 g/mol. The molecule has 0 bridgehead atoms. The van der Waals surface area contributed by atoms with Crippen LogP contribution in [0.1, 0.15) is 41.0 Å². The van der Waals surface area contributed by atoms with Crippen molar-refractivity contribution in [1.29, 1.82) is 0 Å². The molecule has 0 aromatic heterocycles. The summed E-state index contributed by atoms with van der Waals surface area (Å²) in [6, 6.07) is 0. The molecule has 0 heterocycles. The van der Waals surface area contributed by atoms with E-state index in [-0.39, 0.29) is 0 Å². The van der Waals surface area contributed by atoms with E-state index in [2.05, 4.69) is 44.9 Å². The summed E-state index contributed by atoms with van der Waals surface area (Å²) in [6.45, 7) is 11.6.